The maximum Gasteiger partial charge on any atom is 0.275 e. The predicted octanol–water partition coefficient (Wildman–Crippen LogP) is 4.40. The Morgan fingerprint density at radius 3 is 2.49 bits per heavy atom. The second-order valence-corrected chi connectivity index (χ2v) is 9.92. The van der Waals surface area contributed by atoms with Gasteiger partial charge in [0.05, 0.1) is 25.1 Å². The number of aromatic nitrogens is 4. The molecule has 1 aliphatic heterocycles. The molecule has 2 aromatic carbocycles. The highest BCUT2D eigenvalue weighted by atomic mass is 32.2. The van der Waals surface area contributed by atoms with Crippen LogP contribution in [0.15, 0.2) is 70.4 Å². The fourth-order valence-electron chi connectivity index (χ4n) is 4.38. The zero-order chi connectivity index (χ0) is 25.8. The molecule has 1 fully saturated rings. The third-order valence-corrected chi connectivity index (χ3v) is 6.95. The Morgan fingerprint density at radius 1 is 1.05 bits per heavy atom. The van der Waals surface area contributed by atoms with E-state index < -0.39 is 0 Å². The van der Waals surface area contributed by atoms with Gasteiger partial charge in [-0.2, -0.15) is 0 Å². The lowest BCUT2D eigenvalue weighted by Crippen LogP contribution is -2.48. The van der Waals surface area contributed by atoms with Gasteiger partial charge in [-0.25, -0.2) is 4.98 Å². The average molecular weight is 520 g/mol. The molecule has 0 N–H and O–H groups in total. The zero-order valence-corrected chi connectivity index (χ0v) is 21.9. The van der Waals surface area contributed by atoms with Crippen molar-refractivity contribution in [2.75, 3.05) is 20.2 Å². The van der Waals surface area contributed by atoms with Gasteiger partial charge in [0.2, 0.25) is 5.89 Å². The number of hydrogen-bond donors (Lipinski definition) is 0. The summed E-state index contributed by atoms with van der Waals surface area (Å²) in [4.78, 5) is 19.2. The number of morpholine rings is 1. The summed E-state index contributed by atoms with van der Waals surface area (Å²) >= 11 is 1.45. The first-order valence-electron chi connectivity index (χ1n) is 12.1. The van der Waals surface area contributed by atoms with Crippen molar-refractivity contribution in [1.29, 1.82) is 0 Å². The maximum absolute atomic E-state index is 13.0. The molecule has 0 spiro atoms. The van der Waals surface area contributed by atoms with Gasteiger partial charge in [-0.1, -0.05) is 42.1 Å². The molecular weight excluding hydrogens is 490 g/mol. The summed E-state index contributed by atoms with van der Waals surface area (Å²) in [7, 11) is 1.64. The quantitative estimate of drug-likeness (QED) is 0.316. The molecule has 0 bridgehead atoms. The van der Waals surface area contributed by atoms with Crippen molar-refractivity contribution < 1.29 is 18.7 Å². The minimum Gasteiger partial charge on any atom is -0.497 e. The molecule has 1 saturated heterocycles. The van der Waals surface area contributed by atoms with Crippen LogP contribution >= 0.6 is 11.8 Å². The summed E-state index contributed by atoms with van der Waals surface area (Å²) in [6.45, 7) is 5.00. The monoisotopic (exact) mass is 519 g/mol. The molecule has 9 nitrogen and oxygen atoms in total. The lowest BCUT2D eigenvalue weighted by atomic mass is 10.1. The van der Waals surface area contributed by atoms with Crippen LogP contribution < -0.4 is 4.74 Å². The van der Waals surface area contributed by atoms with Crippen LogP contribution in [0.1, 0.15) is 41.6 Å². The first kappa shape index (κ1) is 25.0. The highest BCUT2D eigenvalue weighted by molar-refractivity contribution is 7.98. The average Bonchev–Trinajstić information content (AvgIpc) is 3.54. The van der Waals surface area contributed by atoms with Crippen LogP contribution in [0.5, 0.6) is 5.75 Å². The topological polar surface area (TPSA) is 95.5 Å². The van der Waals surface area contributed by atoms with Gasteiger partial charge in [0.1, 0.15) is 17.8 Å². The number of ether oxygens (including phenoxy) is 2. The van der Waals surface area contributed by atoms with Crippen molar-refractivity contribution in [2.45, 2.75) is 43.4 Å². The number of hydrogen-bond acceptors (Lipinski definition) is 8. The van der Waals surface area contributed by atoms with Crippen LogP contribution in [0.2, 0.25) is 0 Å². The summed E-state index contributed by atoms with van der Waals surface area (Å²) in [5, 5.41) is 9.66. The number of rotatable bonds is 8. The van der Waals surface area contributed by atoms with Gasteiger partial charge in [-0.15, -0.1) is 10.2 Å². The normalized spacial score (nSPS) is 17.6. The van der Waals surface area contributed by atoms with Crippen molar-refractivity contribution in [3.63, 3.8) is 0 Å². The van der Waals surface area contributed by atoms with Crippen LogP contribution in [-0.2, 0) is 16.9 Å². The second kappa shape index (κ2) is 11.2. The lowest BCUT2D eigenvalue weighted by molar-refractivity contribution is -0.0587. The molecule has 1 aliphatic rings. The predicted molar refractivity (Wildman–Crippen MR) is 139 cm³/mol. The van der Waals surface area contributed by atoms with Gasteiger partial charge in [0, 0.05) is 25.2 Å². The Hall–Kier alpha value is -3.63. The molecule has 192 valence electrons. The SMILES string of the molecule is COc1ccc(-n2c(Cc3ccccc3)nnc2SCc2nc(C(=O)N3CC(C)OC(C)C3)co2)cc1. The minimum absolute atomic E-state index is 0.0102. The van der Waals surface area contributed by atoms with Crippen LogP contribution in [0, 0.1) is 0 Å². The van der Waals surface area contributed by atoms with E-state index in [2.05, 4.69) is 27.3 Å². The number of carbonyl (C=O) groups excluding carboxylic acids is 1. The molecule has 1 amide bonds. The van der Waals surface area contributed by atoms with Crippen molar-refractivity contribution in [3.05, 3.63) is 83.8 Å². The Bertz CT molecular complexity index is 1330. The fourth-order valence-corrected chi connectivity index (χ4v) is 5.21. The molecule has 10 heteroatoms. The zero-order valence-electron chi connectivity index (χ0n) is 21.0. The van der Waals surface area contributed by atoms with E-state index in [1.165, 1.54) is 18.0 Å². The molecule has 2 atom stereocenters. The Kier molecular flexibility index (Phi) is 7.57. The third kappa shape index (κ3) is 5.86. The molecule has 2 aromatic heterocycles. The summed E-state index contributed by atoms with van der Waals surface area (Å²) < 4.78 is 18.7. The summed E-state index contributed by atoms with van der Waals surface area (Å²) in [5.74, 6) is 2.31. The van der Waals surface area contributed by atoms with E-state index in [9.17, 15) is 4.79 Å². The van der Waals surface area contributed by atoms with Crippen molar-refractivity contribution >= 4 is 17.7 Å². The van der Waals surface area contributed by atoms with Crippen molar-refractivity contribution in [2.24, 2.45) is 0 Å². The Balaban J connectivity index is 1.34. The summed E-state index contributed by atoms with van der Waals surface area (Å²) in [6.07, 6.45) is 2.04. The van der Waals surface area contributed by atoms with Gasteiger partial charge >= 0.3 is 0 Å². The van der Waals surface area contributed by atoms with E-state index >= 15 is 0 Å². The fraction of sp³-hybridized carbons (Fsp3) is 0.333. The Morgan fingerprint density at radius 2 is 1.78 bits per heavy atom. The van der Waals surface area contributed by atoms with E-state index in [4.69, 9.17) is 13.9 Å². The molecule has 37 heavy (non-hydrogen) atoms. The number of carbonyl (C=O) groups is 1. The van der Waals surface area contributed by atoms with Gasteiger partial charge in [-0.05, 0) is 43.7 Å². The minimum atomic E-state index is -0.145. The Labute approximate surface area is 219 Å². The second-order valence-electron chi connectivity index (χ2n) is 8.98. The van der Waals surface area contributed by atoms with Gasteiger partial charge in [-0.3, -0.25) is 9.36 Å². The van der Waals surface area contributed by atoms with Crippen LogP contribution in [0.25, 0.3) is 5.69 Å². The molecule has 3 heterocycles. The van der Waals surface area contributed by atoms with Gasteiger partial charge in [0.25, 0.3) is 5.91 Å². The van der Waals surface area contributed by atoms with Crippen molar-refractivity contribution in [3.8, 4) is 11.4 Å². The van der Waals surface area contributed by atoms with E-state index in [0.29, 0.717) is 42.0 Å². The first-order chi connectivity index (χ1) is 18.0. The van der Waals surface area contributed by atoms with E-state index in [0.717, 1.165) is 22.8 Å². The molecule has 0 radical (unpaired) electrons. The van der Waals surface area contributed by atoms with E-state index in [1.807, 2.05) is 60.9 Å². The molecule has 4 aromatic rings. The number of thioether (sulfide) groups is 1. The molecule has 0 aliphatic carbocycles. The van der Waals surface area contributed by atoms with Crippen molar-refractivity contribution in [1.82, 2.24) is 24.6 Å². The van der Waals surface area contributed by atoms with Crippen LogP contribution in [-0.4, -0.2) is 63.0 Å². The summed E-state index contributed by atoms with van der Waals surface area (Å²) in [6, 6.07) is 17.9. The number of methoxy groups -OCH3 is 1. The number of benzene rings is 2. The highest BCUT2D eigenvalue weighted by Gasteiger charge is 2.28. The highest BCUT2D eigenvalue weighted by Crippen LogP contribution is 2.27. The lowest BCUT2D eigenvalue weighted by Gasteiger charge is -2.34. The molecule has 0 saturated carbocycles. The van der Waals surface area contributed by atoms with Gasteiger partial charge < -0.3 is 18.8 Å². The van der Waals surface area contributed by atoms with E-state index in [-0.39, 0.29) is 18.1 Å². The smallest absolute Gasteiger partial charge is 0.275 e. The van der Waals surface area contributed by atoms with Gasteiger partial charge in [0.15, 0.2) is 10.9 Å². The first-order valence-corrected chi connectivity index (χ1v) is 13.1. The van der Waals surface area contributed by atoms with Crippen LogP contribution in [0.4, 0.5) is 0 Å². The number of oxazole rings is 1. The molecular formula is C27H29N5O4S. The largest absolute Gasteiger partial charge is 0.497 e. The maximum atomic E-state index is 13.0. The number of nitrogens with zero attached hydrogens (tertiary/aromatic N) is 5. The van der Waals surface area contributed by atoms with Crippen LogP contribution in [0.3, 0.4) is 0 Å². The standard InChI is InChI=1S/C27H29N5O4S/c1-18-14-31(15-19(2)36-18)26(33)23-16-35-25(28-23)17-37-27-30-29-24(13-20-7-5-4-6-8-20)32(27)21-9-11-22(34-3)12-10-21/h4-12,16,18-19H,13-15,17H2,1-3H3. The molecule has 5 rings (SSSR count). The third-order valence-electron chi connectivity index (χ3n) is 6.04. The summed E-state index contributed by atoms with van der Waals surface area (Å²) in [5.41, 5.74) is 2.38. The van der Waals surface area contributed by atoms with E-state index in [1.54, 1.807) is 12.0 Å². The molecule has 2 unspecified atom stereocenters. The number of amides is 1.